The Kier molecular flexibility index (Phi) is 5.09. The van der Waals surface area contributed by atoms with Crippen LogP contribution in [-0.4, -0.2) is 16.0 Å². The molecule has 2 N–H and O–H groups in total. The SMILES string of the molecule is O=C(N/C=C/c1cccc(Cl)c1)Nc1ncc(Br)cn1. The molecular formula is C13H10BrClN4O. The molecule has 20 heavy (non-hydrogen) atoms. The van der Waals surface area contributed by atoms with Crippen molar-refractivity contribution in [2.45, 2.75) is 0 Å². The fourth-order valence-corrected chi connectivity index (χ4v) is 1.74. The maximum atomic E-state index is 11.6. The van der Waals surface area contributed by atoms with E-state index in [0.717, 1.165) is 10.0 Å². The Bertz CT molecular complexity index is 631. The Labute approximate surface area is 129 Å². The van der Waals surface area contributed by atoms with E-state index in [1.807, 2.05) is 12.1 Å². The number of benzene rings is 1. The van der Waals surface area contributed by atoms with E-state index in [0.29, 0.717) is 5.02 Å². The Morgan fingerprint density at radius 1 is 1.30 bits per heavy atom. The zero-order valence-electron chi connectivity index (χ0n) is 10.2. The quantitative estimate of drug-likeness (QED) is 0.884. The second-order valence-corrected chi connectivity index (χ2v) is 5.06. The molecule has 0 bridgehead atoms. The molecule has 0 aliphatic carbocycles. The van der Waals surface area contributed by atoms with Crippen LogP contribution in [0.15, 0.2) is 47.3 Å². The molecule has 0 spiro atoms. The van der Waals surface area contributed by atoms with E-state index >= 15 is 0 Å². The third-order valence-electron chi connectivity index (χ3n) is 2.18. The summed E-state index contributed by atoms with van der Waals surface area (Å²) >= 11 is 9.06. The second kappa shape index (κ2) is 7.02. The Morgan fingerprint density at radius 3 is 2.75 bits per heavy atom. The summed E-state index contributed by atoms with van der Waals surface area (Å²) in [6.45, 7) is 0. The van der Waals surface area contributed by atoms with Crippen LogP contribution in [-0.2, 0) is 0 Å². The molecule has 1 aromatic carbocycles. The summed E-state index contributed by atoms with van der Waals surface area (Å²) in [5.41, 5.74) is 0.887. The summed E-state index contributed by atoms with van der Waals surface area (Å²) in [6.07, 6.45) is 6.34. The lowest BCUT2D eigenvalue weighted by Crippen LogP contribution is -2.24. The first kappa shape index (κ1) is 14.5. The number of rotatable bonds is 3. The molecule has 1 heterocycles. The summed E-state index contributed by atoms with van der Waals surface area (Å²) in [5, 5.41) is 5.68. The van der Waals surface area contributed by atoms with Crippen molar-refractivity contribution in [3.63, 3.8) is 0 Å². The minimum Gasteiger partial charge on any atom is -0.314 e. The van der Waals surface area contributed by atoms with Crippen molar-refractivity contribution in [2.24, 2.45) is 0 Å². The van der Waals surface area contributed by atoms with Crippen molar-refractivity contribution in [2.75, 3.05) is 5.32 Å². The monoisotopic (exact) mass is 352 g/mol. The van der Waals surface area contributed by atoms with Gasteiger partial charge in [-0.1, -0.05) is 23.7 Å². The van der Waals surface area contributed by atoms with E-state index in [4.69, 9.17) is 11.6 Å². The number of aromatic nitrogens is 2. The van der Waals surface area contributed by atoms with E-state index in [9.17, 15) is 4.79 Å². The molecule has 0 atom stereocenters. The average Bonchev–Trinajstić information content (AvgIpc) is 2.41. The lowest BCUT2D eigenvalue weighted by atomic mass is 10.2. The largest absolute Gasteiger partial charge is 0.325 e. The van der Waals surface area contributed by atoms with Crippen LogP contribution < -0.4 is 10.6 Å². The van der Waals surface area contributed by atoms with Crippen LogP contribution in [0.1, 0.15) is 5.56 Å². The lowest BCUT2D eigenvalue weighted by Gasteiger charge is -2.02. The first-order valence-corrected chi connectivity index (χ1v) is 6.78. The summed E-state index contributed by atoms with van der Waals surface area (Å²) < 4.78 is 0.740. The highest BCUT2D eigenvalue weighted by Gasteiger charge is 2.01. The minimum absolute atomic E-state index is 0.224. The van der Waals surface area contributed by atoms with E-state index < -0.39 is 6.03 Å². The van der Waals surface area contributed by atoms with Crippen LogP contribution in [0.3, 0.4) is 0 Å². The van der Waals surface area contributed by atoms with Crippen LogP contribution in [0.2, 0.25) is 5.02 Å². The van der Waals surface area contributed by atoms with Gasteiger partial charge in [-0.15, -0.1) is 0 Å². The molecule has 0 aliphatic rings. The number of nitrogens with zero attached hydrogens (tertiary/aromatic N) is 2. The smallest absolute Gasteiger partial charge is 0.314 e. The predicted octanol–water partition coefficient (Wildman–Crippen LogP) is 3.68. The van der Waals surface area contributed by atoms with Crippen molar-refractivity contribution in [1.29, 1.82) is 0 Å². The first-order valence-electron chi connectivity index (χ1n) is 5.61. The van der Waals surface area contributed by atoms with Gasteiger partial charge in [0.15, 0.2) is 0 Å². The molecule has 2 aromatic rings. The van der Waals surface area contributed by atoms with Crippen LogP contribution in [0.25, 0.3) is 6.08 Å². The number of hydrogen-bond acceptors (Lipinski definition) is 3. The van der Waals surface area contributed by atoms with Crippen molar-refractivity contribution < 1.29 is 4.79 Å². The molecule has 7 heteroatoms. The first-order chi connectivity index (χ1) is 9.63. The molecular weight excluding hydrogens is 344 g/mol. The number of hydrogen-bond donors (Lipinski definition) is 2. The van der Waals surface area contributed by atoms with Gasteiger partial charge in [-0.05, 0) is 39.7 Å². The minimum atomic E-state index is -0.425. The summed E-state index contributed by atoms with van der Waals surface area (Å²) in [5.74, 6) is 0.224. The summed E-state index contributed by atoms with van der Waals surface area (Å²) in [7, 11) is 0. The molecule has 102 valence electrons. The average molecular weight is 354 g/mol. The molecule has 5 nitrogen and oxygen atoms in total. The number of amides is 2. The lowest BCUT2D eigenvalue weighted by molar-refractivity contribution is 0.255. The van der Waals surface area contributed by atoms with Crippen molar-refractivity contribution in [1.82, 2.24) is 15.3 Å². The molecule has 0 aliphatic heterocycles. The molecule has 0 saturated carbocycles. The van der Waals surface area contributed by atoms with Crippen molar-refractivity contribution in [3.05, 3.63) is 57.9 Å². The second-order valence-electron chi connectivity index (χ2n) is 3.71. The number of nitrogens with one attached hydrogen (secondary N) is 2. The van der Waals surface area contributed by atoms with Gasteiger partial charge in [-0.25, -0.2) is 14.8 Å². The van der Waals surface area contributed by atoms with Crippen molar-refractivity contribution in [3.8, 4) is 0 Å². The number of urea groups is 1. The highest BCUT2D eigenvalue weighted by atomic mass is 79.9. The predicted molar refractivity (Wildman–Crippen MR) is 82.4 cm³/mol. The van der Waals surface area contributed by atoms with Gasteiger partial charge < -0.3 is 5.32 Å². The van der Waals surface area contributed by atoms with E-state index in [2.05, 4.69) is 36.5 Å². The zero-order valence-corrected chi connectivity index (χ0v) is 12.5. The molecule has 0 radical (unpaired) electrons. The maximum Gasteiger partial charge on any atom is 0.325 e. The highest BCUT2D eigenvalue weighted by Crippen LogP contribution is 2.11. The molecule has 2 rings (SSSR count). The molecule has 0 fully saturated rings. The standard InChI is InChI=1S/C13H10BrClN4O/c14-10-7-17-12(18-8-10)19-13(20)16-5-4-9-2-1-3-11(15)6-9/h1-8H,(H2,16,17,18,19,20)/b5-4+. The van der Waals surface area contributed by atoms with Gasteiger partial charge in [0, 0.05) is 23.6 Å². The van der Waals surface area contributed by atoms with Crippen LogP contribution in [0.4, 0.5) is 10.7 Å². The normalized spacial score (nSPS) is 10.5. The van der Waals surface area contributed by atoms with Crippen LogP contribution >= 0.6 is 27.5 Å². The van der Waals surface area contributed by atoms with Crippen LogP contribution in [0, 0.1) is 0 Å². The third-order valence-corrected chi connectivity index (χ3v) is 2.83. The van der Waals surface area contributed by atoms with Gasteiger partial charge in [0.1, 0.15) is 0 Å². The Hall–Kier alpha value is -1.92. The van der Waals surface area contributed by atoms with E-state index in [1.54, 1.807) is 30.6 Å². The number of anilines is 1. The molecule has 0 unspecified atom stereocenters. The van der Waals surface area contributed by atoms with E-state index in [1.165, 1.54) is 6.20 Å². The number of carbonyl (C=O) groups excluding carboxylic acids is 1. The number of halogens is 2. The van der Waals surface area contributed by atoms with Crippen LogP contribution in [0.5, 0.6) is 0 Å². The fourth-order valence-electron chi connectivity index (χ4n) is 1.34. The van der Waals surface area contributed by atoms with Gasteiger partial charge in [0.2, 0.25) is 5.95 Å². The molecule has 2 amide bonds. The topological polar surface area (TPSA) is 66.9 Å². The summed E-state index contributed by atoms with van der Waals surface area (Å²) in [4.78, 5) is 19.4. The highest BCUT2D eigenvalue weighted by molar-refractivity contribution is 9.10. The fraction of sp³-hybridized carbons (Fsp3) is 0. The number of carbonyl (C=O) groups is 1. The van der Waals surface area contributed by atoms with Gasteiger partial charge in [0.05, 0.1) is 4.47 Å². The van der Waals surface area contributed by atoms with Gasteiger partial charge >= 0.3 is 6.03 Å². The van der Waals surface area contributed by atoms with E-state index in [-0.39, 0.29) is 5.95 Å². The summed E-state index contributed by atoms with van der Waals surface area (Å²) in [6, 6.07) is 6.85. The maximum absolute atomic E-state index is 11.6. The Morgan fingerprint density at radius 2 is 2.05 bits per heavy atom. The van der Waals surface area contributed by atoms with Gasteiger partial charge in [0.25, 0.3) is 0 Å². The Balaban J connectivity index is 1.87. The zero-order chi connectivity index (χ0) is 14.4. The van der Waals surface area contributed by atoms with Crippen molar-refractivity contribution >= 4 is 45.6 Å². The molecule has 0 saturated heterocycles. The third kappa shape index (κ3) is 4.64. The molecule has 1 aromatic heterocycles. The van der Waals surface area contributed by atoms with Gasteiger partial charge in [-0.3, -0.25) is 5.32 Å². The van der Waals surface area contributed by atoms with Gasteiger partial charge in [-0.2, -0.15) is 0 Å².